The van der Waals surface area contributed by atoms with Crippen molar-refractivity contribution in [2.24, 2.45) is 5.41 Å². The van der Waals surface area contributed by atoms with Gasteiger partial charge in [0.15, 0.2) is 5.78 Å². The summed E-state index contributed by atoms with van der Waals surface area (Å²) >= 11 is 0. The molecular formula is C23H26O6. The summed E-state index contributed by atoms with van der Waals surface area (Å²) in [6.45, 7) is 5.13. The van der Waals surface area contributed by atoms with Crippen LogP contribution < -0.4 is 14.2 Å². The van der Waals surface area contributed by atoms with Gasteiger partial charge in [-0.3, -0.25) is 9.59 Å². The fraction of sp³-hybridized carbons (Fsp3) is 0.304. The van der Waals surface area contributed by atoms with Crippen LogP contribution in [0.3, 0.4) is 0 Å². The molecule has 2 aromatic rings. The average Bonchev–Trinajstić information content (AvgIpc) is 2.71. The van der Waals surface area contributed by atoms with E-state index in [2.05, 4.69) is 0 Å². The van der Waals surface area contributed by atoms with Crippen molar-refractivity contribution in [2.75, 3.05) is 21.0 Å². The Bertz CT molecular complexity index is 875. The van der Waals surface area contributed by atoms with E-state index < -0.39 is 5.41 Å². The molecule has 0 aliphatic carbocycles. The second-order valence-corrected chi connectivity index (χ2v) is 7.27. The highest BCUT2D eigenvalue weighted by atomic mass is 16.7. The lowest BCUT2D eigenvalue weighted by atomic mass is 9.98. The predicted molar refractivity (Wildman–Crippen MR) is 110 cm³/mol. The number of carbonyl (C=O) groups excluding carboxylic acids is 2. The molecule has 0 bridgehead atoms. The van der Waals surface area contributed by atoms with Crippen LogP contribution in [0.15, 0.2) is 48.5 Å². The van der Waals surface area contributed by atoms with Gasteiger partial charge in [0.1, 0.15) is 17.2 Å². The molecule has 0 saturated heterocycles. The number of esters is 1. The van der Waals surface area contributed by atoms with E-state index in [0.29, 0.717) is 22.8 Å². The Morgan fingerprint density at radius 2 is 1.59 bits per heavy atom. The van der Waals surface area contributed by atoms with Gasteiger partial charge >= 0.3 is 5.97 Å². The summed E-state index contributed by atoms with van der Waals surface area (Å²) in [5.74, 6) is 1.29. The van der Waals surface area contributed by atoms with Gasteiger partial charge in [0, 0.05) is 17.2 Å². The largest absolute Gasteiger partial charge is 0.497 e. The van der Waals surface area contributed by atoms with Crippen molar-refractivity contribution >= 4 is 17.8 Å². The minimum atomic E-state index is -0.585. The molecule has 6 heteroatoms. The van der Waals surface area contributed by atoms with Gasteiger partial charge in [-0.1, -0.05) is 0 Å². The third-order valence-corrected chi connectivity index (χ3v) is 4.02. The van der Waals surface area contributed by atoms with Crippen molar-refractivity contribution in [3.05, 3.63) is 59.7 Å². The zero-order valence-electron chi connectivity index (χ0n) is 17.4. The maximum Gasteiger partial charge on any atom is 0.314 e. The number of methoxy groups -OCH3 is 2. The Hall–Kier alpha value is -3.28. The second kappa shape index (κ2) is 9.78. The Labute approximate surface area is 171 Å². The number of ketones is 1. The van der Waals surface area contributed by atoms with Crippen molar-refractivity contribution in [1.29, 1.82) is 0 Å². The molecule has 0 spiro atoms. The topological polar surface area (TPSA) is 71.1 Å². The summed E-state index contributed by atoms with van der Waals surface area (Å²) in [5, 5.41) is 0. The van der Waals surface area contributed by atoms with Crippen LogP contribution in [-0.2, 0) is 9.53 Å². The molecule has 0 aromatic heterocycles. The normalized spacial score (nSPS) is 11.2. The lowest BCUT2D eigenvalue weighted by Crippen LogP contribution is -2.24. The van der Waals surface area contributed by atoms with Crippen LogP contribution in [0.25, 0.3) is 6.08 Å². The number of hydrogen-bond donors (Lipinski definition) is 0. The van der Waals surface area contributed by atoms with Crippen LogP contribution in [-0.4, -0.2) is 32.8 Å². The molecule has 2 aromatic carbocycles. The van der Waals surface area contributed by atoms with Gasteiger partial charge < -0.3 is 18.9 Å². The Balaban J connectivity index is 1.97. The number of rotatable bonds is 8. The number of allylic oxidation sites excluding steroid dienone is 1. The molecular weight excluding hydrogens is 372 g/mol. The van der Waals surface area contributed by atoms with Gasteiger partial charge in [-0.25, -0.2) is 0 Å². The second-order valence-electron chi connectivity index (χ2n) is 7.27. The summed E-state index contributed by atoms with van der Waals surface area (Å²) in [6.07, 6.45) is 3.17. The maximum atomic E-state index is 12.4. The van der Waals surface area contributed by atoms with Gasteiger partial charge in [0.2, 0.25) is 6.79 Å². The van der Waals surface area contributed by atoms with Crippen molar-refractivity contribution in [3.63, 3.8) is 0 Å². The molecule has 0 radical (unpaired) electrons. The predicted octanol–water partition coefficient (Wildman–Crippen LogP) is 4.53. The highest BCUT2D eigenvalue weighted by molar-refractivity contribution is 6.07. The lowest BCUT2D eigenvalue weighted by Gasteiger charge is -2.16. The molecule has 0 N–H and O–H groups in total. The Morgan fingerprint density at radius 3 is 2.17 bits per heavy atom. The number of hydrogen-bond acceptors (Lipinski definition) is 6. The average molecular weight is 398 g/mol. The molecule has 0 aliphatic heterocycles. The fourth-order valence-corrected chi connectivity index (χ4v) is 2.30. The van der Waals surface area contributed by atoms with Gasteiger partial charge in [-0.15, -0.1) is 0 Å². The fourth-order valence-electron chi connectivity index (χ4n) is 2.30. The van der Waals surface area contributed by atoms with Crippen molar-refractivity contribution in [1.82, 2.24) is 0 Å². The first-order chi connectivity index (χ1) is 13.7. The van der Waals surface area contributed by atoms with E-state index in [0.717, 1.165) is 5.56 Å². The van der Waals surface area contributed by atoms with E-state index in [1.54, 1.807) is 77.5 Å². The van der Waals surface area contributed by atoms with E-state index in [1.165, 1.54) is 6.08 Å². The first kappa shape index (κ1) is 22.0. The molecule has 0 aliphatic rings. The van der Waals surface area contributed by atoms with E-state index in [9.17, 15) is 9.59 Å². The molecule has 29 heavy (non-hydrogen) atoms. The third-order valence-electron chi connectivity index (χ3n) is 4.02. The molecule has 0 unspecified atom stereocenters. The lowest BCUT2D eigenvalue weighted by molar-refractivity contribution is -0.159. The van der Waals surface area contributed by atoms with E-state index in [-0.39, 0.29) is 18.5 Å². The zero-order chi connectivity index (χ0) is 21.4. The summed E-state index contributed by atoms with van der Waals surface area (Å²) in [7, 11) is 3.14. The van der Waals surface area contributed by atoms with Crippen molar-refractivity contribution in [3.8, 4) is 17.2 Å². The first-order valence-electron chi connectivity index (χ1n) is 9.09. The SMILES string of the molecule is COc1ccc(C=CC(=O)c2ccc(OCOC(=O)C(C)(C)C)cc2)c(OC)c1. The van der Waals surface area contributed by atoms with Crippen LogP contribution in [0.4, 0.5) is 0 Å². The molecule has 2 rings (SSSR count). The van der Waals surface area contributed by atoms with Gasteiger partial charge in [0.05, 0.1) is 19.6 Å². The monoisotopic (exact) mass is 398 g/mol. The maximum absolute atomic E-state index is 12.4. The van der Waals surface area contributed by atoms with Crippen LogP contribution in [0.1, 0.15) is 36.7 Å². The standard InChI is InChI=1S/C23H26O6/c1-23(2,3)22(25)29-15-28-18-10-6-16(7-11-18)20(24)13-9-17-8-12-19(26-4)14-21(17)27-5/h6-14H,15H2,1-5H3. The zero-order valence-corrected chi connectivity index (χ0v) is 17.4. The molecule has 0 saturated carbocycles. The molecule has 6 nitrogen and oxygen atoms in total. The number of carbonyl (C=O) groups is 2. The summed E-state index contributed by atoms with van der Waals surface area (Å²) in [6, 6.07) is 12.0. The summed E-state index contributed by atoms with van der Waals surface area (Å²) in [4.78, 5) is 24.1. The Kier molecular flexibility index (Phi) is 7.42. The minimum absolute atomic E-state index is 0.159. The van der Waals surface area contributed by atoms with E-state index in [4.69, 9.17) is 18.9 Å². The summed E-state index contributed by atoms with van der Waals surface area (Å²) < 4.78 is 20.9. The van der Waals surface area contributed by atoms with Crippen LogP contribution in [0, 0.1) is 5.41 Å². The van der Waals surface area contributed by atoms with Crippen LogP contribution >= 0.6 is 0 Å². The molecule has 0 fully saturated rings. The molecule has 154 valence electrons. The van der Waals surface area contributed by atoms with Gasteiger partial charge in [-0.05, 0) is 69.3 Å². The van der Waals surface area contributed by atoms with Crippen LogP contribution in [0.5, 0.6) is 17.2 Å². The van der Waals surface area contributed by atoms with E-state index >= 15 is 0 Å². The molecule has 0 amide bonds. The molecule has 0 heterocycles. The van der Waals surface area contributed by atoms with Gasteiger partial charge in [0.25, 0.3) is 0 Å². The Morgan fingerprint density at radius 1 is 0.931 bits per heavy atom. The first-order valence-corrected chi connectivity index (χ1v) is 9.09. The molecule has 0 atom stereocenters. The van der Waals surface area contributed by atoms with Crippen LogP contribution in [0.2, 0.25) is 0 Å². The smallest absolute Gasteiger partial charge is 0.314 e. The number of ether oxygens (including phenoxy) is 4. The van der Waals surface area contributed by atoms with Crippen molar-refractivity contribution < 1.29 is 28.5 Å². The third kappa shape index (κ3) is 6.38. The number of benzene rings is 2. The highest BCUT2D eigenvalue weighted by Gasteiger charge is 2.23. The summed E-state index contributed by atoms with van der Waals surface area (Å²) in [5.41, 5.74) is 0.688. The minimum Gasteiger partial charge on any atom is -0.497 e. The quantitative estimate of drug-likeness (QED) is 0.282. The van der Waals surface area contributed by atoms with Gasteiger partial charge in [-0.2, -0.15) is 0 Å². The highest BCUT2D eigenvalue weighted by Crippen LogP contribution is 2.26. The van der Waals surface area contributed by atoms with E-state index in [1.807, 2.05) is 6.07 Å². The van der Waals surface area contributed by atoms with Crippen molar-refractivity contribution in [2.45, 2.75) is 20.8 Å².